The highest BCUT2D eigenvalue weighted by molar-refractivity contribution is 5.83. The smallest absolute Gasteiger partial charge is 0.407 e. The summed E-state index contributed by atoms with van der Waals surface area (Å²) in [6, 6.07) is 16.2. The van der Waals surface area contributed by atoms with Crippen LogP contribution < -0.4 is 5.32 Å². The molecule has 2 fully saturated rings. The standard InChI is InChI=1S/C26H28N2O6/c29-22(28-13-12-26(33,16-28)23(30)31)14-25(10-5-11-25)27-24(32)34-15-21-19-8-3-1-6-17(19)18-7-2-4-9-20(18)21/h1-4,6-9,21,33H,5,10-16H2,(H,27,32)(H,30,31). The molecule has 0 bridgehead atoms. The van der Waals surface area contributed by atoms with Gasteiger partial charge in [-0.3, -0.25) is 4.79 Å². The summed E-state index contributed by atoms with van der Waals surface area (Å²) in [7, 11) is 0. The summed E-state index contributed by atoms with van der Waals surface area (Å²) in [4.78, 5) is 38.2. The zero-order valence-corrected chi connectivity index (χ0v) is 18.8. The van der Waals surface area contributed by atoms with Gasteiger partial charge in [0.2, 0.25) is 5.91 Å². The predicted octanol–water partition coefficient (Wildman–Crippen LogP) is 2.89. The molecular weight excluding hydrogens is 436 g/mol. The minimum absolute atomic E-state index is 0.000873. The zero-order valence-electron chi connectivity index (χ0n) is 18.8. The average molecular weight is 465 g/mol. The van der Waals surface area contributed by atoms with Gasteiger partial charge >= 0.3 is 12.1 Å². The zero-order chi connectivity index (χ0) is 23.9. The van der Waals surface area contributed by atoms with E-state index in [-0.39, 0.29) is 44.4 Å². The van der Waals surface area contributed by atoms with Gasteiger partial charge < -0.3 is 25.2 Å². The number of ether oxygens (including phenoxy) is 1. The molecule has 2 aromatic rings. The first-order chi connectivity index (χ1) is 16.3. The maximum Gasteiger partial charge on any atom is 0.407 e. The fourth-order valence-electron chi connectivity index (χ4n) is 5.38. The number of carboxylic acid groups (broad SMARTS) is 1. The van der Waals surface area contributed by atoms with Crippen molar-refractivity contribution < 1.29 is 29.3 Å². The monoisotopic (exact) mass is 464 g/mol. The van der Waals surface area contributed by atoms with Crippen molar-refractivity contribution in [2.45, 2.75) is 49.2 Å². The van der Waals surface area contributed by atoms with Gasteiger partial charge in [0, 0.05) is 18.9 Å². The number of rotatable bonds is 6. The number of aliphatic carboxylic acids is 1. The van der Waals surface area contributed by atoms with Crippen molar-refractivity contribution in [2.75, 3.05) is 19.7 Å². The normalized spacial score (nSPS) is 22.4. The van der Waals surface area contributed by atoms with Gasteiger partial charge in [-0.1, -0.05) is 48.5 Å². The highest BCUT2D eigenvalue weighted by atomic mass is 16.5. The summed E-state index contributed by atoms with van der Waals surface area (Å²) in [6.45, 7) is 0.145. The first kappa shape index (κ1) is 22.4. The molecule has 2 aromatic carbocycles. The second-order valence-electron chi connectivity index (χ2n) is 9.66. The van der Waals surface area contributed by atoms with E-state index in [4.69, 9.17) is 4.74 Å². The number of benzene rings is 2. The fourth-order valence-corrected chi connectivity index (χ4v) is 5.38. The number of carboxylic acids is 1. The van der Waals surface area contributed by atoms with Gasteiger partial charge in [-0.25, -0.2) is 9.59 Å². The molecule has 2 amide bonds. The van der Waals surface area contributed by atoms with Crippen molar-refractivity contribution >= 4 is 18.0 Å². The van der Waals surface area contributed by atoms with Gasteiger partial charge in [0.1, 0.15) is 6.61 Å². The van der Waals surface area contributed by atoms with Crippen LogP contribution in [0.15, 0.2) is 48.5 Å². The molecule has 0 spiro atoms. The number of carbonyl (C=O) groups excluding carboxylic acids is 2. The van der Waals surface area contributed by atoms with Crippen molar-refractivity contribution in [3.8, 4) is 11.1 Å². The van der Waals surface area contributed by atoms with E-state index in [0.717, 1.165) is 28.7 Å². The number of aliphatic hydroxyl groups is 1. The molecule has 178 valence electrons. The first-order valence-corrected chi connectivity index (χ1v) is 11.7. The summed E-state index contributed by atoms with van der Waals surface area (Å²) >= 11 is 0. The Hall–Kier alpha value is -3.39. The van der Waals surface area contributed by atoms with Crippen LogP contribution in [0.4, 0.5) is 4.79 Å². The third-order valence-electron chi connectivity index (χ3n) is 7.51. The molecule has 1 heterocycles. The molecule has 1 atom stereocenters. The molecule has 8 nitrogen and oxygen atoms in total. The number of nitrogens with one attached hydrogen (secondary N) is 1. The molecule has 0 aromatic heterocycles. The minimum Gasteiger partial charge on any atom is -0.479 e. The molecular formula is C26H28N2O6. The van der Waals surface area contributed by atoms with Gasteiger partial charge in [-0.2, -0.15) is 0 Å². The van der Waals surface area contributed by atoms with Crippen molar-refractivity contribution in [3.63, 3.8) is 0 Å². The van der Waals surface area contributed by atoms with Crippen LogP contribution in [0.5, 0.6) is 0 Å². The highest BCUT2D eigenvalue weighted by Crippen LogP contribution is 2.44. The van der Waals surface area contributed by atoms with Gasteiger partial charge in [0.15, 0.2) is 5.60 Å². The second-order valence-corrected chi connectivity index (χ2v) is 9.66. The van der Waals surface area contributed by atoms with Crippen molar-refractivity contribution in [2.24, 2.45) is 0 Å². The average Bonchev–Trinajstić information content (AvgIpc) is 3.36. The number of hydrogen-bond donors (Lipinski definition) is 3. The third-order valence-corrected chi connectivity index (χ3v) is 7.51. The summed E-state index contributed by atoms with van der Waals surface area (Å²) < 4.78 is 5.65. The Morgan fingerprint density at radius 3 is 2.15 bits per heavy atom. The van der Waals surface area contributed by atoms with E-state index >= 15 is 0 Å². The van der Waals surface area contributed by atoms with Crippen molar-refractivity contribution in [3.05, 3.63) is 59.7 Å². The minimum atomic E-state index is -1.90. The number of amides is 2. The van der Waals surface area contributed by atoms with Gasteiger partial charge in [0.25, 0.3) is 0 Å². The first-order valence-electron chi connectivity index (χ1n) is 11.7. The molecule has 34 heavy (non-hydrogen) atoms. The van der Waals surface area contributed by atoms with E-state index < -0.39 is 23.2 Å². The lowest BCUT2D eigenvalue weighted by atomic mass is 9.74. The van der Waals surface area contributed by atoms with Crippen LogP contribution in [0, 0.1) is 0 Å². The van der Waals surface area contributed by atoms with Crippen LogP contribution in [-0.2, 0) is 14.3 Å². The third kappa shape index (κ3) is 3.92. The Labute approximate surface area is 197 Å². The summed E-state index contributed by atoms with van der Waals surface area (Å²) in [5.74, 6) is -1.64. The lowest BCUT2D eigenvalue weighted by Gasteiger charge is -2.42. The SMILES string of the molecule is O=C(NC1(CC(=O)N2CCC(O)(C(=O)O)C2)CCC1)OCC1c2ccccc2-c2ccccc21. The van der Waals surface area contributed by atoms with Crippen LogP contribution >= 0.6 is 0 Å². The molecule has 1 saturated heterocycles. The van der Waals surface area contributed by atoms with Crippen LogP contribution in [0.25, 0.3) is 11.1 Å². The number of nitrogens with zero attached hydrogens (tertiary/aromatic N) is 1. The number of likely N-dealkylation sites (tertiary alicyclic amines) is 1. The maximum absolute atomic E-state index is 12.8. The van der Waals surface area contributed by atoms with E-state index in [9.17, 15) is 24.6 Å². The fraction of sp³-hybridized carbons (Fsp3) is 0.423. The molecule has 2 aliphatic carbocycles. The van der Waals surface area contributed by atoms with Gasteiger partial charge in [0.05, 0.1) is 18.5 Å². The molecule has 3 N–H and O–H groups in total. The summed E-state index contributed by atoms with van der Waals surface area (Å²) in [6.07, 6.45) is 1.70. The number of carbonyl (C=O) groups is 3. The maximum atomic E-state index is 12.8. The lowest BCUT2D eigenvalue weighted by Crippen LogP contribution is -2.56. The molecule has 1 saturated carbocycles. The van der Waals surface area contributed by atoms with E-state index in [1.54, 1.807) is 0 Å². The van der Waals surface area contributed by atoms with E-state index in [1.165, 1.54) is 4.90 Å². The largest absolute Gasteiger partial charge is 0.479 e. The van der Waals surface area contributed by atoms with E-state index in [0.29, 0.717) is 12.8 Å². The highest BCUT2D eigenvalue weighted by Gasteiger charge is 2.47. The quantitative estimate of drug-likeness (QED) is 0.605. The summed E-state index contributed by atoms with van der Waals surface area (Å²) in [5, 5.41) is 22.2. The molecule has 8 heteroatoms. The molecule has 1 unspecified atom stereocenters. The Morgan fingerprint density at radius 2 is 1.62 bits per heavy atom. The molecule has 1 aliphatic heterocycles. The Morgan fingerprint density at radius 1 is 1.00 bits per heavy atom. The van der Waals surface area contributed by atoms with Crippen LogP contribution in [0.2, 0.25) is 0 Å². The number of alkyl carbamates (subject to hydrolysis) is 1. The number of fused-ring (bicyclic) bond motifs is 3. The van der Waals surface area contributed by atoms with Crippen LogP contribution in [0.3, 0.4) is 0 Å². The topological polar surface area (TPSA) is 116 Å². The lowest BCUT2D eigenvalue weighted by molar-refractivity contribution is -0.157. The van der Waals surface area contributed by atoms with Gasteiger partial charge in [-0.15, -0.1) is 0 Å². The molecule has 5 rings (SSSR count). The predicted molar refractivity (Wildman–Crippen MR) is 123 cm³/mol. The number of β-amino-alcohol motifs (C(OH)–C–C–N with tert-alkyl or cyclic N) is 1. The van der Waals surface area contributed by atoms with Crippen LogP contribution in [-0.4, -0.2) is 63.9 Å². The van der Waals surface area contributed by atoms with Crippen LogP contribution in [0.1, 0.15) is 49.1 Å². The Balaban J connectivity index is 1.21. The Bertz CT molecular complexity index is 1100. The van der Waals surface area contributed by atoms with Crippen molar-refractivity contribution in [1.82, 2.24) is 10.2 Å². The van der Waals surface area contributed by atoms with E-state index in [2.05, 4.69) is 29.6 Å². The van der Waals surface area contributed by atoms with Crippen molar-refractivity contribution in [1.29, 1.82) is 0 Å². The van der Waals surface area contributed by atoms with E-state index in [1.807, 2.05) is 24.3 Å². The Kier molecular flexibility index (Phi) is 5.56. The molecule has 3 aliphatic rings. The molecule has 0 radical (unpaired) electrons. The second kappa shape index (κ2) is 8.43. The number of hydrogen-bond acceptors (Lipinski definition) is 5. The van der Waals surface area contributed by atoms with Gasteiger partial charge in [-0.05, 0) is 41.5 Å². The summed E-state index contributed by atoms with van der Waals surface area (Å²) in [5.41, 5.74) is 1.97.